The predicted molar refractivity (Wildman–Crippen MR) is 123 cm³/mol. The molecule has 0 aromatic heterocycles. The van der Waals surface area contributed by atoms with Crippen molar-refractivity contribution in [3.05, 3.63) is 48.5 Å². The van der Waals surface area contributed by atoms with Gasteiger partial charge in [-0.15, -0.1) is 0 Å². The summed E-state index contributed by atoms with van der Waals surface area (Å²) in [5.41, 5.74) is 0.697. The Labute approximate surface area is 190 Å². The van der Waals surface area contributed by atoms with E-state index in [1.807, 2.05) is 24.3 Å². The first-order valence-corrected chi connectivity index (χ1v) is 12.3. The van der Waals surface area contributed by atoms with E-state index in [1.54, 1.807) is 30.5 Å². The van der Waals surface area contributed by atoms with Crippen LogP contribution in [0.15, 0.2) is 53.4 Å². The Morgan fingerprint density at radius 1 is 1.09 bits per heavy atom. The van der Waals surface area contributed by atoms with E-state index in [1.165, 1.54) is 0 Å². The number of fused-ring (bicyclic) bond motifs is 1. The number of para-hydroxylation sites is 2. The lowest BCUT2D eigenvalue weighted by molar-refractivity contribution is -0.117. The number of aliphatic hydroxyl groups excluding tert-OH is 1. The molecular formula is C23H29N3O5S. The average molecular weight is 460 g/mol. The van der Waals surface area contributed by atoms with E-state index in [2.05, 4.69) is 15.1 Å². The summed E-state index contributed by atoms with van der Waals surface area (Å²) in [4.78, 5) is 17.4. The van der Waals surface area contributed by atoms with Gasteiger partial charge in [0, 0.05) is 60.4 Å². The molecule has 1 saturated heterocycles. The topological polar surface area (TPSA) is 91.3 Å². The highest BCUT2D eigenvalue weighted by Crippen LogP contribution is 2.31. The molecule has 0 radical (unpaired) electrons. The van der Waals surface area contributed by atoms with Crippen LogP contribution in [0.1, 0.15) is 0 Å². The monoisotopic (exact) mass is 459 g/mol. The third-order valence-corrected chi connectivity index (χ3v) is 6.64. The number of hydrogen-bond acceptors (Lipinski definition) is 7. The summed E-state index contributed by atoms with van der Waals surface area (Å²) < 4.78 is 23.1. The van der Waals surface area contributed by atoms with Gasteiger partial charge in [-0.2, -0.15) is 0 Å². The van der Waals surface area contributed by atoms with Crippen LogP contribution in [-0.4, -0.2) is 89.4 Å². The number of anilines is 1. The minimum Gasteiger partial charge on any atom is -0.486 e. The molecule has 2 heterocycles. The van der Waals surface area contributed by atoms with Crippen LogP contribution < -0.4 is 14.8 Å². The van der Waals surface area contributed by atoms with E-state index in [-0.39, 0.29) is 5.91 Å². The molecule has 0 aliphatic carbocycles. The van der Waals surface area contributed by atoms with Crippen LogP contribution in [0.25, 0.3) is 0 Å². The fourth-order valence-electron chi connectivity index (χ4n) is 3.87. The molecule has 2 aromatic rings. The van der Waals surface area contributed by atoms with Crippen molar-refractivity contribution >= 4 is 22.4 Å². The second-order valence-corrected chi connectivity index (χ2v) is 9.46. The van der Waals surface area contributed by atoms with Gasteiger partial charge in [-0.3, -0.25) is 18.8 Å². The molecule has 2 N–H and O–H groups in total. The van der Waals surface area contributed by atoms with Crippen molar-refractivity contribution in [3.63, 3.8) is 0 Å². The molecule has 1 fully saturated rings. The Balaban J connectivity index is 1.19. The largest absolute Gasteiger partial charge is 0.486 e. The SMILES string of the molecule is CS(=O)c1ccc(NC(=O)CN2CCN(CC(O)C3COc4ccccc4O3)CC2)cc1. The summed E-state index contributed by atoms with van der Waals surface area (Å²) >= 11 is 0. The van der Waals surface area contributed by atoms with Crippen LogP contribution in [0.2, 0.25) is 0 Å². The first-order valence-electron chi connectivity index (χ1n) is 10.7. The number of carbonyl (C=O) groups is 1. The number of nitrogens with zero attached hydrogens (tertiary/aromatic N) is 2. The number of piperazine rings is 1. The van der Waals surface area contributed by atoms with Gasteiger partial charge in [0.25, 0.3) is 0 Å². The number of nitrogens with one attached hydrogen (secondary N) is 1. The zero-order valence-electron chi connectivity index (χ0n) is 18.1. The second kappa shape index (κ2) is 10.4. The number of ether oxygens (including phenoxy) is 2. The van der Waals surface area contributed by atoms with E-state index in [4.69, 9.17) is 9.47 Å². The van der Waals surface area contributed by atoms with Crippen molar-refractivity contribution in [2.75, 3.05) is 57.4 Å². The summed E-state index contributed by atoms with van der Waals surface area (Å²) in [7, 11) is -1.03. The number of β-amino-alcohol motifs (C(OH)–C–C–N with tert-alkyl or cyclic N) is 1. The highest BCUT2D eigenvalue weighted by molar-refractivity contribution is 7.84. The fourth-order valence-corrected chi connectivity index (χ4v) is 4.39. The molecule has 32 heavy (non-hydrogen) atoms. The number of hydrogen-bond donors (Lipinski definition) is 2. The quantitative estimate of drug-likeness (QED) is 0.643. The van der Waals surface area contributed by atoms with Gasteiger partial charge in [0.05, 0.1) is 6.54 Å². The van der Waals surface area contributed by atoms with Gasteiger partial charge in [-0.25, -0.2) is 0 Å². The Hall–Kier alpha value is -2.46. The third kappa shape index (κ3) is 5.86. The van der Waals surface area contributed by atoms with E-state index < -0.39 is 23.0 Å². The summed E-state index contributed by atoms with van der Waals surface area (Å²) in [6, 6.07) is 14.5. The zero-order chi connectivity index (χ0) is 22.5. The van der Waals surface area contributed by atoms with Crippen LogP contribution in [0, 0.1) is 0 Å². The maximum atomic E-state index is 12.4. The zero-order valence-corrected chi connectivity index (χ0v) is 18.9. The highest BCUT2D eigenvalue weighted by atomic mass is 32.2. The Bertz CT molecular complexity index is 947. The van der Waals surface area contributed by atoms with Crippen LogP contribution in [-0.2, 0) is 15.6 Å². The van der Waals surface area contributed by atoms with E-state index in [0.29, 0.717) is 36.9 Å². The van der Waals surface area contributed by atoms with Crippen molar-refractivity contribution in [1.82, 2.24) is 9.80 Å². The molecule has 9 heteroatoms. The minimum absolute atomic E-state index is 0.0738. The molecule has 2 aromatic carbocycles. The third-order valence-electron chi connectivity index (χ3n) is 5.71. The van der Waals surface area contributed by atoms with Crippen molar-refractivity contribution < 1.29 is 23.6 Å². The van der Waals surface area contributed by atoms with Gasteiger partial charge in [-0.05, 0) is 36.4 Å². The maximum absolute atomic E-state index is 12.4. The molecule has 0 spiro atoms. The van der Waals surface area contributed by atoms with Crippen molar-refractivity contribution in [1.29, 1.82) is 0 Å². The molecule has 4 rings (SSSR count). The van der Waals surface area contributed by atoms with Gasteiger partial charge in [-0.1, -0.05) is 12.1 Å². The Kier molecular flexibility index (Phi) is 7.41. The van der Waals surface area contributed by atoms with Crippen molar-refractivity contribution in [3.8, 4) is 11.5 Å². The van der Waals surface area contributed by atoms with Crippen LogP contribution >= 0.6 is 0 Å². The van der Waals surface area contributed by atoms with Gasteiger partial charge in [0.1, 0.15) is 12.7 Å². The minimum atomic E-state index is -1.03. The van der Waals surface area contributed by atoms with Gasteiger partial charge in [0.15, 0.2) is 17.6 Å². The molecule has 1 amide bonds. The van der Waals surface area contributed by atoms with Crippen molar-refractivity contribution in [2.45, 2.75) is 17.1 Å². The summed E-state index contributed by atoms with van der Waals surface area (Å²) in [5.74, 6) is 1.30. The summed E-state index contributed by atoms with van der Waals surface area (Å²) in [6.45, 7) is 4.18. The highest BCUT2D eigenvalue weighted by Gasteiger charge is 2.30. The average Bonchev–Trinajstić information content (AvgIpc) is 2.80. The number of benzene rings is 2. The first-order chi connectivity index (χ1) is 15.5. The predicted octanol–water partition coefficient (Wildman–Crippen LogP) is 1.18. The molecule has 172 valence electrons. The molecular weight excluding hydrogens is 430 g/mol. The maximum Gasteiger partial charge on any atom is 0.238 e. The summed E-state index contributed by atoms with van der Waals surface area (Å²) in [5, 5.41) is 13.5. The van der Waals surface area contributed by atoms with Crippen LogP contribution in [0.5, 0.6) is 11.5 Å². The molecule has 0 bridgehead atoms. The lowest BCUT2D eigenvalue weighted by atomic mass is 10.1. The number of amides is 1. The molecule has 8 nitrogen and oxygen atoms in total. The van der Waals surface area contributed by atoms with Crippen molar-refractivity contribution in [2.24, 2.45) is 0 Å². The lowest BCUT2D eigenvalue weighted by Gasteiger charge is -2.37. The molecule has 2 aliphatic heterocycles. The molecule has 0 saturated carbocycles. The van der Waals surface area contributed by atoms with E-state index in [9.17, 15) is 14.1 Å². The first kappa shape index (κ1) is 22.7. The molecule has 3 unspecified atom stereocenters. The second-order valence-electron chi connectivity index (χ2n) is 8.08. The Morgan fingerprint density at radius 3 is 2.44 bits per heavy atom. The van der Waals surface area contributed by atoms with Gasteiger partial charge in [0.2, 0.25) is 5.91 Å². The smallest absolute Gasteiger partial charge is 0.238 e. The van der Waals surface area contributed by atoms with Gasteiger partial charge >= 0.3 is 0 Å². The number of carbonyl (C=O) groups excluding carboxylic acids is 1. The normalized spacial score (nSPS) is 21.0. The van der Waals surface area contributed by atoms with E-state index >= 15 is 0 Å². The number of rotatable bonds is 7. The molecule has 2 aliphatic rings. The fraction of sp³-hybridized carbons (Fsp3) is 0.435. The Morgan fingerprint density at radius 2 is 1.75 bits per heavy atom. The van der Waals surface area contributed by atoms with Gasteiger partial charge < -0.3 is 19.9 Å². The standard InChI is InChI=1S/C23H29N3O5S/c1-32(29)18-8-6-17(7-9-18)24-23(28)15-26-12-10-25(11-13-26)14-19(27)22-16-30-20-4-2-3-5-21(20)31-22/h2-9,19,22,27H,10-16H2,1H3,(H,24,28). The number of aliphatic hydroxyl groups is 1. The van der Waals surface area contributed by atoms with Crippen LogP contribution in [0.3, 0.4) is 0 Å². The molecule has 3 atom stereocenters. The lowest BCUT2D eigenvalue weighted by Crippen LogP contribution is -2.53. The van der Waals surface area contributed by atoms with E-state index in [0.717, 1.165) is 31.1 Å². The summed E-state index contributed by atoms with van der Waals surface area (Å²) in [6.07, 6.45) is 0.574. The van der Waals surface area contributed by atoms with Crippen LogP contribution in [0.4, 0.5) is 5.69 Å².